The molecule has 0 amide bonds. The van der Waals surface area contributed by atoms with Gasteiger partial charge in [-0.05, 0) is 40.5 Å². The van der Waals surface area contributed by atoms with E-state index in [1.807, 2.05) is 43.5 Å². The predicted octanol–water partition coefficient (Wildman–Crippen LogP) is 4.02. The Labute approximate surface area is 120 Å². The molecule has 0 radical (unpaired) electrons. The molecule has 2 N–H and O–H groups in total. The van der Waals surface area contributed by atoms with Crippen LogP contribution in [0.3, 0.4) is 0 Å². The number of nitrogens with two attached hydrogens (primary N) is 1. The van der Waals surface area contributed by atoms with Gasteiger partial charge in [0.15, 0.2) is 0 Å². The van der Waals surface area contributed by atoms with Gasteiger partial charge in [0, 0.05) is 16.7 Å². The third kappa shape index (κ3) is 3.57. The lowest BCUT2D eigenvalue weighted by molar-refractivity contribution is 0.720. The van der Waals surface area contributed by atoms with Gasteiger partial charge in [-0.1, -0.05) is 42.1 Å². The van der Waals surface area contributed by atoms with E-state index in [1.165, 1.54) is 5.56 Å². The highest BCUT2D eigenvalue weighted by Gasteiger charge is 2.17. The molecule has 0 saturated carbocycles. The van der Waals surface area contributed by atoms with Crippen molar-refractivity contribution in [1.82, 2.24) is 4.98 Å². The maximum absolute atomic E-state index is 6.09. The van der Waals surface area contributed by atoms with Gasteiger partial charge in [-0.3, -0.25) is 0 Å². The first-order valence-electron chi connectivity index (χ1n) is 5.75. The largest absolute Gasteiger partial charge is 0.327 e. The summed E-state index contributed by atoms with van der Waals surface area (Å²) in [4.78, 5) is 4.39. The minimum absolute atomic E-state index is 0.0721. The second-order valence-corrected chi connectivity index (χ2v) is 6.20. The van der Waals surface area contributed by atoms with Crippen LogP contribution >= 0.6 is 27.7 Å². The van der Waals surface area contributed by atoms with Crippen LogP contribution in [0.15, 0.2) is 58.2 Å². The van der Waals surface area contributed by atoms with Crippen molar-refractivity contribution in [3.63, 3.8) is 0 Å². The number of nitrogens with zero attached hydrogens (tertiary/aromatic N) is 1. The smallest absolute Gasteiger partial charge is 0.0967 e. The highest BCUT2D eigenvalue weighted by molar-refractivity contribution is 9.10. The lowest BCUT2D eigenvalue weighted by Crippen LogP contribution is -2.22. The third-order valence-corrected chi connectivity index (χ3v) is 4.46. The van der Waals surface area contributed by atoms with Crippen LogP contribution in [0, 0.1) is 0 Å². The fourth-order valence-electron chi connectivity index (χ4n) is 1.68. The Hall–Kier alpha value is -0.840. The topological polar surface area (TPSA) is 38.9 Å². The summed E-state index contributed by atoms with van der Waals surface area (Å²) in [6.45, 7) is 2.03. The molecule has 94 valence electrons. The van der Waals surface area contributed by atoms with Crippen LogP contribution in [-0.2, 0) is 0 Å². The fraction of sp³-hybridized carbons (Fsp3) is 0.214. The lowest BCUT2D eigenvalue weighted by atomic mass is 10.1. The van der Waals surface area contributed by atoms with Gasteiger partial charge < -0.3 is 5.73 Å². The summed E-state index contributed by atoms with van der Waals surface area (Å²) >= 11 is 5.09. The molecule has 2 unspecified atom stereocenters. The van der Waals surface area contributed by atoms with E-state index in [9.17, 15) is 0 Å². The molecule has 2 nitrogen and oxygen atoms in total. The zero-order chi connectivity index (χ0) is 13.0. The number of rotatable bonds is 4. The van der Waals surface area contributed by atoms with E-state index in [1.54, 1.807) is 11.8 Å². The fourth-order valence-corrected chi connectivity index (χ4v) is 2.95. The summed E-state index contributed by atoms with van der Waals surface area (Å²) in [5, 5.41) is 1.21. The van der Waals surface area contributed by atoms with Gasteiger partial charge >= 0.3 is 0 Å². The Morgan fingerprint density at radius 1 is 1.17 bits per heavy atom. The third-order valence-electron chi connectivity index (χ3n) is 2.55. The molecule has 1 aromatic heterocycles. The first-order valence-corrected chi connectivity index (χ1v) is 7.43. The zero-order valence-electron chi connectivity index (χ0n) is 10.1. The van der Waals surface area contributed by atoms with Crippen molar-refractivity contribution >= 4 is 27.7 Å². The van der Waals surface area contributed by atoms with Crippen molar-refractivity contribution in [2.45, 2.75) is 23.2 Å². The van der Waals surface area contributed by atoms with Crippen molar-refractivity contribution in [3.8, 4) is 0 Å². The molecule has 18 heavy (non-hydrogen) atoms. The molecular weight excluding hydrogens is 308 g/mol. The first-order chi connectivity index (χ1) is 8.66. The van der Waals surface area contributed by atoms with Gasteiger partial charge in [0.25, 0.3) is 0 Å². The molecule has 2 atom stereocenters. The second kappa shape index (κ2) is 6.36. The predicted molar refractivity (Wildman–Crippen MR) is 80.6 cm³/mol. The molecule has 2 rings (SSSR count). The Morgan fingerprint density at radius 3 is 2.44 bits per heavy atom. The minimum atomic E-state index is 0.0721. The van der Waals surface area contributed by atoms with Crippen LogP contribution in [0.4, 0.5) is 0 Å². The molecule has 2 aromatic rings. The van der Waals surface area contributed by atoms with Gasteiger partial charge in [0.1, 0.15) is 0 Å². The summed E-state index contributed by atoms with van der Waals surface area (Å²) in [5.41, 5.74) is 7.33. The van der Waals surface area contributed by atoms with Gasteiger partial charge in [0.2, 0.25) is 0 Å². The zero-order valence-corrected chi connectivity index (χ0v) is 12.5. The molecule has 0 aliphatic carbocycles. The van der Waals surface area contributed by atoms with E-state index in [4.69, 9.17) is 5.73 Å². The second-order valence-electron chi connectivity index (χ2n) is 4.12. The number of benzene rings is 1. The first kappa shape index (κ1) is 13.6. The van der Waals surface area contributed by atoms with Crippen molar-refractivity contribution in [3.05, 3.63) is 58.7 Å². The number of thioether (sulfide) groups is 1. The number of hydrogen-bond acceptors (Lipinski definition) is 3. The number of pyridine rings is 1. The average molecular weight is 323 g/mol. The molecule has 0 aliphatic rings. The average Bonchev–Trinajstić information content (AvgIpc) is 2.38. The van der Waals surface area contributed by atoms with Crippen molar-refractivity contribution in [2.75, 3.05) is 0 Å². The summed E-state index contributed by atoms with van der Waals surface area (Å²) < 4.78 is 0.990. The Balaban J connectivity index is 2.19. The molecular formula is C14H15BrN2S. The van der Waals surface area contributed by atoms with E-state index >= 15 is 0 Å². The normalized spacial score (nSPS) is 14.2. The van der Waals surface area contributed by atoms with Crippen LogP contribution in [0.1, 0.15) is 17.7 Å². The van der Waals surface area contributed by atoms with Crippen molar-refractivity contribution in [2.24, 2.45) is 5.73 Å². The highest BCUT2D eigenvalue weighted by Crippen LogP contribution is 2.36. The molecule has 4 heteroatoms. The number of aromatic nitrogens is 1. The SMILES string of the molecule is CC(N)C(Sc1ccc(Br)cn1)c1ccccc1. The number of hydrogen-bond donors (Lipinski definition) is 1. The molecule has 1 heterocycles. The van der Waals surface area contributed by atoms with Gasteiger partial charge in [-0.25, -0.2) is 4.98 Å². The molecule has 0 saturated heterocycles. The summed E-state index contributed by atoms with van der Waals surface area (Å²) in [6, 6.07) is 14.4. The molecule has 0 fully saturated rings. The van der Waals surface area contributed by atoms with Crippen LogP contribution in [0.25, 0.3) is 0 Å². The van der Waals surface area contributed by atoms with Crippen molar-refractivity contribution in [1.29, 1.82) is 0 Å². The van der Waals surface area contributed by atoms with Gasteiger partial charge in [0.05, 0.1) is 10.3 Å². The van der Waals surface area contributed by atoms with Gasteiger partial charge in [-0.15, -0.1) is 0 Å². The quantitative estimate of drug-likeness (QED) is 0.864. The highest BCUT2D eigenvalue weighted by atomic mass is 79.9. The number of halogens is 1. The maximum atomic E-state index is 6.09. The van der Waals surface area contributed by atoms with E-state index in [0.717, 1.165) is 9.50 Å². The monoisotopic (exact) mass is 322 g/mol. The van der Waals surface area contributed by atoms with Crippen LogP contribution in [-0.4, -0.2) is 11.0 Å². The summed E-state index contributed by atoms with van der Waals surface area (Å²) in [6.07, 6.45) is 1.81. The van der Waals surface area contributed by atoms with E-state index in [2.05, 4.69) is 33.0 Å². The van der Waals surface area contributed by atoms with Crippen LogP contribution < -0.4 is 5.73 Å². The maximum Gasteiger partial charge on any atom is 0.0967 e. The Morgan fingerprint density at radius 2 is 1.89 bits per heavy atom. The minimum Gasteiger partial charge on any atom is -0.327 e. The Kier molecular flexibility index (Phi) is 4.80. The van der Waals surface area contributed by atoms with Crippen molar-refractivity contribution < 1.29 is 0 Å². The summed E-state index contributed by atoms with van der Waals surface area (Å²) in [7, 11) is 0. The van der Waals surface area contributed by atoms with E-state index < -0.39 is 0 Å². The lowest BCUT2D eigenvalue weighted by Gasteiger charge is -2.20. The van der Waals surface area contributed by atoms with E-state index in [0.29, 0.717) is 0 Å². The van der Waals surface area contributed by atoms with E-state index in [-0.39, 0.29) is 11.3 Å². The van der Waals surface area contributed by atoms with Crippen LogP contribution in [0.2, 0.25) is 0 Å². The molecule has 0 aliphatic heterocycles. The molecule has 0 spiro atoms. The summed E-state index contributed by atoms with van der Waals surface area (Å²) in [5.74, 6) is 0. The Bertz CT molecular complexity index is 485. The van der Waals surface area contributed by atoms with Crippen LogP contribution in [0.5, 0.6) is 0 Å². The molecule has 0 bridgehead atoms. The van der Waals surface area contributed by atoms with Gasteiger partial charge in [-0.2, -0.15) is 0 Å². The molecule has 1 aromatic carbocycles. The standard InChI is InChI=1S/C14H15BrN2S/c1-10(16)14(11-5-3-2-4-6-11)18-13-8-7-12(15)9-17-13/h2-10,14H,16H2,1H3.